The molecule has 4 aromatic rings. The maximum Gasteiger partial charge on any atom is 0.345 e. The summed E-state index contributed by atoms with van der Waals surface area (Å²) in [5.41, 5.74) is 4.30. The molecule has 2 aliphatic heterocycles. The first-order chi connectivity index (χ1) is 26.1. The average molecular weight is 785 g/mol. The van der Waals surface area contributed by atoms with Crippen LogP contribution in [0.3, 0.4) is 0 Å². The van der Waals surface area contributed by atoms with Gasteiger partial charge in [0.05, 0.1) is 5.56 Å². The number of carbonyl (C=O) groups is 4. The Morgan fingerprint density at radius 3 is 2.27 bits per heavy atom. The largest absolute Gasteiger partial charge is 0.480 e. The standard InChI is InChI=1S/C41H44N4O8S2/c1-40(2)13-16-44-17-14-41(3,4)35-36(44)28(40)20-24-19-27(39(52)53-37(24)35)29-11-12-31(55-29)30-10-9-26(54-30)18-25(21-42)38(51)43-15-7-5-6-8-32(46)45(22-33(47)48)23-34(49)50/h9-12,18-20H,5-8,13-17,22-23H2,1-4H3,(H,43,51)(H,47,48)(H,49,50)/b25-18+. The van der Waals surface area contributed by atoms with Gasteiger partial charge in [-0.2, -0.15) is 5.26 Å². The number of aliphatic carboxylic acids is 2. The second-order valence-corrected chi connectivity index (χ2v) is 17.6. The van der Waals surface area contributed by atoms with Crippen molar-refractivity contribution in [2.24, 2.45) is 0 Å². The molecule has 0 unspecified atom stereocenters. The smallest absolute Gasteiger partial charge is 0.345 e. The minimum absolute atomic E-state index is 0.00256. The highest BCUT2D eigenvalue weighted by atomic mass is 32.1. The molecule has 0 spiro atoms. The van der Waals surface area contributed by atoms with Gasteiger partial charge in [-0.3, -0.25) is 19.2 Å². The third kappa shape index (κ3) is 8.53. The van der Waals surface area contributed by atoms with Crippen LogP contribution >= 0.6 is 22.7 Å². The van der Waals surface area contributed by atoms with Crippen molar-refractivity contribution in [3.8, 4) is 26.3 Å². The van der Waals surface area contributed by atoms with Gasteiger partial charge in [-0.05, 0) is 84.6 Å². The molecular formula is C41H44N4O8S2. The number of amides is 2. The lowest BCUT2D eigenvalue weighted by molar-refractivity contribution is -0.149. The van der Waals surface area contributed by atoms with E-state index < -0.39 is 36.8 Å². The summed E-state index contributed by atoms with van der Waals surface area (Å²) in [6.07, 6.45) is 4.99. The number of nitriles is 1. The summed E-state index contributed by atoms with van der Waals surface area (Å²) in [6.45, 7) is 9.93. The minimum atomic E-state index is -1.29. The van der Waals surface area contributed by atoms with Crippen molar-refractivity contribution in [3.05, 3.63) is 68.4 Å². The van der Waals surface area contributed by atoms with Crippen molar-refractivity contribution in [3.63, 3.8) is 0 Å². The summed E-state index contributed by atoms with van der Waals surface area (Å²) in [7, 11) is 0. The van der Waals surface area contributed by atoms with E-state index in [9.17, 15) is 29.2 Å². The lowest BCUT2D eigenvalue weighted by Crippen LogP contribution is -2.44. The predicted molar refractivity (Wildman–Crippen MR) is 214 cm³/mol. The number of fused-ring (bicyclic) bond motifs is 2. The predicted octanol–water partition coefficient (Wildman–Crippen LogP) is 7.00. The molecule has 55 heavy (non-hydrogen) atoms. The Balaban J connectivity index is 1.11. The van der Waals surface area contributed by atoms with E-state index >= 15 is 0 Å². The molecule has 0 saturated heterocycles. The summed E-state index contributed by atoms with van der Waals surface area (Å²) in [4.78, 5) is 67.1. The van der Waals surface area contributed by atoms with Crippen LogP contribution in [0.4, 0.5) is 5.69 Å². The molecule has 6 rings (SSSR count). The van der Waals surface area contributed by atoms with Crippen molar-refractivity contribution in [1.82, 2.24) is 10.2 Å². The molecule has 2 aliphatic rings. The molecule has 3 aromatic heterocycles. The van der Waals surface area contributed by atoms with Gasteiger partial charge in [0.25, 0.3) is 5.91 Å². The molecule has 14 heteroatoms. The van der Waals surface area contributed by atoms with E-state index in [1.165, 1.54) is 40.0 Å². The highest BCUT2D eigenvalue weighted by Gasteiger charge is 2.42. The normalized spacial score (nSPS) is 15.6. The zero-order chi connectivity index (χ0) is 39.7. The SMILES string of the molecule is CC1(C)CCN2CCC(C)(C)c3c2c1cc1cc(-c2ccc(-c4ccc(/C=C(\C#N)C(=O)NCCCCCC(=O)N(CC(=O)O)CC(=O)O)s4)s2)c(=O)oc31. The average Bonchev–Trinajstić information content (AvgIpc) is 3.80. The van der Waals surface area contributed by atoms with Gasteiger partial charge in [-0.15, -0.1) is 22.7 Å². The fourth-order valence-corrected chi connectivity index (χ4v) is 9.44. The Kier molecular flexibility index (Phi) is 11.4. The van der Waals surface area contributed by atoms with Crippen LogP contribution in [0, 0.1) is 11.3 Å². The van der Waals surface area contributed by atoms with Gasteiger partial charge in [0, 0.05) is 62.2 Å². The van der Waals surface area contributed by atoms with Crippen LogP contribution < -0.4 is 15.8 Å². The van der Waals surface area contributed by atoms with Crippen LogP contribution in [0.2, 0.25) is 0 Å². The third-order valence-electron chi connectivity index (χ3n) is 10.5. The zero-order valence-electron chi connectivity index (χ0n) is 31.3. The molecule has 288 valence electrons. The van der Waals surface area contributed by atoms with E-state index in [0.717, 1.165) is 56.4 Å². The molecule has 5 heterocycles. The number of rotatable bonds is 14. The van der Waals surface area contributed by atoms with Crippen molar-refractivity contribution in [2.75, 3.05) is 37.6 Å². The summed E-state index contributed by atoms with van der Waals surface area (Å²) in [5, 5.41) is 31.2. The van der Waals surface area contributed by atoms with E-state index in [4.69, 9.17) is 14.6 Å². The monoisotopic (exact) mass is 784 g/mol. The van der Waals surface area contributed by atoms with Crippen molar-refractivity contribution >= 4 is 69.2 Å². The first kappa shape index (κ1) is 39.4. The summed E-state index contributed by atoms with van der Waals surface area (Å²) < 4.78 is 6.21. The van der Waals surface area contributed by atoms with Crippen LogP contribution in [0.25, 0.3) is 37.2 Å². The van der Waals surface area contributed by atoms with Gasteiger partial charge < -0.3 is 29.7 Å². The molecule has 2 amide bonds. The zero-order valence-corrected chi connectivity index (χ0v) is 33.0. The van der Waals surface area contributed by atoms with Crippen LogP contribution in [0.15, 0.2) is 51.2 Å². The molecular weight excluding hydrogens is 741 g/mol. The van der Waals surface area contributed by atoms with Crippen LogP contribution in [0.5, 0.6) is 0 Å². The van der Waals surface area contributed by atoms with Crippen LogP contribution in [0.1, 0.15) is 82.2 Å². The Bertz CT molecular complexity index is 2290. The number of hydrogen-bond donors (Lipinski definition) is 3. The highest BCUT2D eigenvalue weighted by Crippen LogP contribution is 2.52. The third-order valence-corrected chi connectivity index (χ3v) is 12.8. The Labute approximate surface area is 326 Å². The van der Waals surface area contributed by atoms with Crippen molar-refractivity contribution in [2.45, 2.75) is 77.0 Å². The number of unbranched alkanes of at least 4 members (excludes halogenated alkanes) is 2. The maximum atomic E-state index is 13.6. The Morgan fingerprint density at radius 2 is 1.58 bits per heavy atom. The quantitative estimate of drug-likeness (QED) is 0.0521. The molecule has 0 radical (unpaired) electrons. The molecule has 0 bridgehead atoms. The number of nitrogens with zero attached hydrogens (tertiary/aromatic N) is 3. The number of benzene rings is 1. The van der Waals surface area contributed by atoms with E-state index in [2.05, 4.69) is 44.0 Å². The Hall–Kier alpha value is -5.26. The Morgan fingerprint density at radius 1 is 0.927 bits per heavy atom. The minimum Gasteiger partial charge on any atom is -0.480 e. The first-order valence-electron chi connectivity index (χ1n) is 18.3. The highest BCUT2D eigenvalue weighted by molar-refractivity contribution is 7.24. The second kappa shape index (κ2) is 15.8. The molecule has 12 nitrogen and oxygen atoms in total. The number of carbonyl (C=O) groups excluding carboxylic acids is 2. The van der Waals surface area contributed by atoms with Crippen LogP contribution in [-0.4, -0.2) is 71.6 Å². The molecule has 0 atom stereocenters. The summed E-state index contributed by atoms with van der Waals surface area (Å²) >= 11 is 2.91. The topological polar surface area (TPSA) is 181 Å². The van der Waals surface area contributed by atoms with Crippen molar-refractivity contribution in [1.29, 1.82) is 5.26 Å². The number of carboxylic acids is 2. The second-order valence-electron chi connectivity index (χ2n) is 15.4. The number of carboxylic acid groups (broad SMARTS) is 2. The summed E-state index contributed by atoms with van der Waals surface area (Å²) in [5.74, 6) is -3.68. The van der Waals surface area contributed by atoms with E-state index in [0.29, 0.717) is 35.3 Å². The molecule has 0 saturated carbocycles. The van der Waals surface area contributed by atoms with Gasteiger partial charge in [-0.1, -0.05) is 34.1 Å². The summed E-state index contributed by atoms with van der Waals surface area (Å²) in [6, 6.07) is 13.8. The van der Waals surface area contributed by atoms with Crippen molar-refractivity contribution < 1.29 is 33.8 Å². The van der Waals surface area contributed by atoms with Gasteiger partial charge in [-0.25, -0.2) is 4.79 Å². The molecule has 0 aliphatic carbocycles. The van der Waals surface area contributed by atoms with Gasteiger partial charge >= 0.3 is 17.6 Å². The van der Waals surface area contributed by atoms with E-state index in [1.54, 1.807) is 0 Å². The van der Waals surface area contributed by atoms with E-state index in [1.807, 2.05) is 36.4 Å². The maximum absolute atomic E-state index is 13.6. The fraction of sp³-hybridized carbons (Fsp3) is 0.415. The fourth-order valence-electron chi connectivity index (χ4n) is 7.38. The molecule has 3 N–H and O–H groups in total. The van der Waals surface area contributed by atoms with Gasteiger partial charge in [0.1, 0.15) is 30.3 Å². The van der Waals surface area contributed by atoms with E-state index in [-0.39, 0.29) is 35.0 Å². The molecule has 0 fully saturated rings. The first-order valence-corrected chi connectivity index (χ1v) is 19.9. The molecule has 1 aromatic carbocycles. The lowest BCUT2D eigenvalue weighted by Gasteiger charge is -2.48. The van der Waals surface area contributed by atoms with Crippen LogP contribution in [-0.2, 0) is 30.0 Å². The number of hydrogen-bond acceptors (Lipinski definition) is 10. The lowest BCUT2D eigenvalue weighted by atomic mass is 9.69. The van der Waals surface area contributed by atoms with Gasteiger partial charge in [0.15, 0.2) is 0 Å². The number of thiophene rings is 2. The number of nitrogens with one attached hydrogen (secondary N) is 1. The number of anilines is 1. The van der Waals surface area contributed by atoms with Gasteiger partial charge in [0.2, 0.25) is 5.91 Å².